The number of rotatable bonds is 8. The summed E-state index contributed by atoms with van der Waals surface area (Å²) in [6.45, 7) is 7.31. The molecular weight excluding hydrogens is 346 g/mol. The van der Waals surface area contributed by atoms with Crippen molar-refractivity contribution in [2.24, 2.45) is 0 Å². The van der Waals surface area contributed by atoms with Crippen LogP contribution in [0.3, 0.4) is 0 Å². The summed E-state index contributed by atoms with van der Waals surface area (Å²) >= 11 is 0. The first kappa shape index (κ1) is 19.1. The van der Waals surface area contributed by atoms with Crippen molar-refractivity contribution in [3.8, 4) is 11.6 Å². The van der Waals surface area contributed by atoms with E-state index in [4.69, 9.17) is 14.2 Å². The Kier molecular flexibility index (Phi) is 7.01. The minimum atomic E-state index is -0.209. The highest BCUT2D eigenvalue weighted by atomic mass is 16.5. The number of carbonyl (C=O) groups is 1. The number of amides is 1. The highest BCUT2D eigenvalue weighted by molar-refractivity contribution is 6.04. The maximum atomic E-state index is 12.4. The van der Waals surface area contributed by atoms with Gasteiger partial charge in [0.15, 0.2) is 0 Å². The summed E-state index contributed by atoms with van der Waals surface area (Å²) in [6, 6.07) is 10.6. The topological polar surface area (TPSA) is 72.9 Å². The molecule has 1 amide bonds. The molecule has 0 spiro atoms. The summed E-state index contributed by atoms with van der Waals surface area (Å²) in [5, 5.41) is 2.83. The Morgan fingerprint density at radius 1 is 1.22 bits per heavy atom. The third-order valence-electron chi connectivity index (χ3n) is 4.16. The monoisotopic (exact) mass is 371 g/mol. The number of pyridine rings is 1. The molecule has 0 unspecified atom stereocenters. The summed E-state index contributed by atoms with van der Waals surface area (Å²) in [7, 11) is 0. The van der Waals surface area contributed by atoms with Crippen LogP contribution >= 0.6 is 0 Å². The van der Waals surface area contributed by atoms with Gasteiger partial charge in [-0.1, -0.05) is 6.07 Å². The van der Waals surface area contributed by atoms with Crippen LogP contribution < -0.4 is 14.8 Å². The molecular formula is C20H25N3O4. The first-order valence-corrected chi connectivity index (χ1v) is 9.18. The van der Waals surface area contributed by atoms with Crippen molar-refractivity contribution >= 4 is 11.6 Å². The maximum Gasteiger partial charge on any atom is 0.255 e. The minimum Gasteiger partial charge on any atom is -0.494 e. The molecule has 144 valence electrons. The lowest BCUT2D eigenvalue weighted by Gasteiger charge is -2.26. The molecule has 0 bridgehead atoms. The number of hydrogen-bond donors (Lipinski definition) is 1. The third kappa shape index (κ3) is 5.94. The zero-order valence-electron chi connectivity index (χ0n) is 15.5. The number of morpholine rings is 1. The van der Waals surface area contributed by atoms with E-state index in [0.29, 0.717) is 36.1 Å². The van der Waals surface area contributed by atoms with Gasteiger partial charge in [-0.3, -0.25) is 9.69 Å². The lowest BCUT2D eigenvalue weighted by Crippen LogP contribution is -2.38. The molecule has 0 radical (unpaired) electrons. The average Bonchev–Trinajstić information content (AvgIpc) is 2.71. The summed E-state index contributed by atoms with van der Waals surface area (Å²) in [5.41, 5.74) is 1.15. The molecule has 27 heavy (non-hydrogen) atoms. The van der Waals surface area contributed by atoms with E-state index in [9.17, 15) is 4.79 Å². The van der Waals surface area contributed by atoms with Gasteiger partial charge in [0.2, 0.25) is 5.88 Å². The van der Waals surface area contributed by atoms with Crippen molar-refractivity contribution in [2.75, 3.05) is 51.4 Å². The van der Waals surface area contributed by atoms with Crippen LogP contribution in [0.4, 0.5) is 5.69 Å². The number of ether oxygens (including phenoxy) is 3. The van der Waals surface area contributed by atoms with E-state index in [1.807, 2.05) is 13.0 Å². The summed E-state index contributed by atoms with van der Waals surface area (Å²) < 4.78 is 16.4. The van der Waals surface area contributed by atoms with E-state index in [0.717, 1.165) is 32.8 Å². The van der Waals surface area contributed by atoms with Gasteiger partial charge in [0.05, 0.1) is 31.7 Å². The van der Waals surface area contributed by atoms with Crippen LogP contribution in [-0.2, 0) is 4.74 Å². The Morgan fingerprint density at radius 3 is 2.81 bits per heavy atom. The van der Waals surface area contributed by atoms with Crippen LogP contribution in [0.5, 0.6) is 11.6 Å². The van der Waals surface area contributed by atoms with Gasteiger partial charge in [-0.2, -0.15) is 0 Å². The van der Waals surface area contributed by atoms with Crippen LogP contribution in [0.25, 0.3) is 0 Å². The minimum absolute atomic E-state index is 0.209. The lowest BCUT2D eigenvalue weighted by atomic mass is 10.2. The third-order valence-corrected chi connectivity index (χ3v) is 4.16. The SMILES string of the molecule is CCOc1cccc(C(=O)Nc2ccc(OCCN3CCOCC3)nc2)c1. The largest absolute Gasteiger partial charge is 0.494 e. The molecule has 0 atom stereocenters. The average molecular weight is 371 g/mol. The number of carbonyl (C=O) groups excluding carboxylic acids is 1. The number of nitrogens with zero attached hydrogens (tertiary/aromatic N) is 2. The molecule has 1 saturated heterocycles. The van der Waals surface area contributed by atoms with Crippen LogP contribution in [0.2, 0.25) is 0 Å². The molecule has 3 rings (SSSR count). The Balaban J connectivity index is 1.48. The lowest BCUT2D eigenvalue weighted by molar-refractivity contribution is 0.0320. The molecule has 1 aromatic heterocycles. The van der Waals surface area contributed by atoms with Gasteiger partial charge in [0, 0.05) is 31.3 Å². The second-order valence-corrected chi connectivity index (χ2v) is 6.10. The second kappa shape index (κ2) is 9.89. The standard InChI is InChI=1S/C20H25N3O4/c1-2-26-18-5-3-4-16(14-18)20(24)22-17-6-7-19(21-15-17)27-13-10-23-8-11-25-12-9-23/h3-7,14-15H,2,8-13H2,1H3,(H,22,24). The number of nitrogens with one attached hydrogen (secondary N) is 1. The smallest absolute Gasteiger partial charge is 0.255 e. The van der Waals surface area contributed by atoms with Crippen molar-refractivity contribution in [2.45, 2.75) is 6.92 Å². The summed E-state index contributed by atoms with van der Waals surface area (Å²) in [4.78, 5) is 18.9. The number of anilines is 1. The Morgan fingerprint density at radius 2 is 2.07 bits per heavy atom. The fourth-order valence-electron chi connectivity index (χ4n) is 2.74. The Hall–Kier alpha value is -2.64. The highest BCUT2D eigenvalue weighted by Gasteiger charge is 2.10. The molecule has 1 fully saturated rings. The maximum absolute atomic E-state index is 12.4. The van der Waals surface area contributed by atoms with Crippen LogP contribution in [-0.4, -0.2) is 61.9 Å². The van der Waals surface area contributed by atoms with Crippen LogP contribution in [0.1, 0.15) is 17.3 Å². The summed E-state index contributed by atoms with van der Waals surface area (Å²) in [5.74, 6) is 1.01. The van der Waals surface area contributed by atoms with Crippen molar-refractivity contribution in [3.63, 3.8) is 0 Å². The van der Waals surface area contributed by atoms with Gasteiger partial charge in [-0.15, -0.1) is 0 Å². The van der Waals surface area contributed by atoms with Gasteiger partial charge < -0.3 is 19.5 Å². The van der Waals surface area contributed by atoms with Gasteiger partial charge in [0.25, 0.3) is 5.91 Å². The molecule has 1 N–H and O–H groups in total. The van der Waals surface area contributed by atoms with Crippen molar-refractivity contribution < 1.29 is 19.0 Å². The van der Waals surface area contributed by atoms with E-state index in [-0.39, 0.29) is 5.91 Å². The molecule has 2 aromatic rings. The van der Waals surface area contributed by atoms with E-state index >= 15 is 0 Å². The van der Waals surface area contributed by atoms with E-state index in [2.05, 4.69) is 15.2 Å². The first-order valence-electron chi connectivity index (χ1n) is 9.18. The van der Waals surface area contributed by atoms with E-state index in [1.54, 1.807) is 36.5 Å². The molecule has 1 aliphatic heterocycles. The zero-order valence-corrected chi connectivity index (χ0v) is 15.5. The fourth-order valence-corrected chi connectivity index (χ4v) is 2.74. The van der Waals surface area contributed by atoms with E-state index < -0.39 is 0 Å². The predicted molar refractivity (Wildman–Crippen MR) is 103 cm³/mol. The van der Waals surface area contributed by atoms with E-state index in [1.165, 1.54) is 0 Å². The Labute approximate surface area is 159 Å². The van der Waals surface area contributed by atoms with Crippen LogP contribution in [0, 0.1) is 0 Å². The molecule has 1 aromatic carbocycles. The molecule has 7 heteroatoms. The van der Waals surface area contributed by atoms with Crippen molar-refractivity contribution in [1.82, 2.24) is 9.88 Å². The van der Waals surface area contributed by atoms with Crippen molar-refractivity contribution in [1.29, 1.82) is 0 Å². The molecule has 7 nitrogen and oxygen atoms in total. The number of aromatic nitrogens is 1. The molecule has 0 saturated carbocycles. The molecule has 2 heterocycles. The number of benzene rings is 1. The number of hydrogen-bond acceptors (Lipinski definition) is 6. The van der Waals surface area contributed by atoms with Gasteiger partial charge in [-0.25, -0.2) is 4.98 Å². The molecule has 0 aliphatic carbocycles. The zero-order chi connectivity index (χ0) is 18.9. The molecule has 1 aliphatic rings. The highest BCUT2D eigenvalue weighted by Crippen LogP contribution is 2.16. The van der Waals surface area contributed by atoms with Gasteiger partial charge in [0.1, 0.15) is 12.4 Å². The Bertz CT molecular complexity index is 730. The second-order valence-electron chi connectivity index (χ2n) is 6.10. The van der Waals surface area contributed by atoms with Crippen molar-refractivity contribution in [3.05, 3.63) is 48.2 Å². The fraction of sp³-hybridized carbons (Fsp3) is 0.400. The first-order chi connectivity index (χ1) is 13.2. The summed E-state index contributed by atoms with van der Waals surface area (Å²) in [6.07, 6.45) is 1.59. The van der Waals surface area contributed by atoms with Gasteiger partial charge in [-0.05, 0) is 31.2 Å². The quantitative estimate of drug-likeness (QED) is 0.768. The predicted octanol–water partition coefficient (Wildman–Crippen LogP) is 2.44. The normalized spacial score (nSPS) is 14.6. The van der Waals surface area contributed by atoms with Crippen LogP contribution in [0.15, 0.2) is 42.6 Å². The van der Waals surface area contributed by atoms with Gasteiger partial charge >= 0.3 is 0 Å².